The third-order valence-corrected chi connectivity index (χ3v) is 31.9. The van der Waals surface area contributed by atoms with Crippen molar-refractivity contribution in [2.75, 3.05) is 19.6 Å². The number of hydrogen-bond donors (Lipinski definition) is 0. The molecule has 6 aliphatic rings. The monoisotopic (exact) mass is 1810 g/mol. The minimum absolute atomic E-state index is 0.731. The van der Waals surface area contributed by atoms with Gasteiger partial charge in [-0.25, -0.2) is 0 Å². The Morgan fingerprint density at radius 3 is 1.33 bits per heavy atom. The predicted octanol–water partition coefficient (Wildman–Crippen LogP) is 36.7. The molecule has 141 heavy (non-hydrogen) atoms. The zero-order valence-electron chi connectivity index (χ0n) is 77.9. The van der Waals surface area contributed by atoms with Crippen molar-refractivity contribution >= 4 is 105 Å². The molecule has 4 aliphatic carbocycles. The molecule has 20 aromatic carbocycles. The molecule has 0 fully saturated rings. The van der Waals surface area contributed by atoms with Gasteiger partial charge in [0.1, 0.15) is 0 Å². The highest BCUT2D eigenvalue weighted by molar-refractivity contribution is 7.25. The van der Waals surface area contributed by atoms with Gasteiger partial charge in [0.05, 0.1) is 56.1 Å². The Kier molecular flexibility index (Phi) is 19.7. The summed E-state index contributed by atoms with van der Waals surface area (Å²) < 4.78 is 2.55. The summed E-state index contributed by atoms with van der Waals surface area (Å²) in [5.41, 5.74) is 44.3. The highest BCUT2D eigenvalue weighted by atomic mass is 32.1. The van der Waals surface area contributed by atoms with Gasteiger partial charge in [-0.1, -0.05) is 407 Å². The number of benzene rings is 20. The Morgan fingerprint density at radius 2 is 0.730 bits per heavy atom. The average molecular weight is 1820 g/mol. The topological polar surface area (TPSA) is 13.0 Å². The minimum Gasteiger partial charge on any atom is -0.310 e. The van der Waals surface area contributed by atoms with E-state index in [0.29, 0.717) is 0 Å². The lowest BCUT2D eigenvalue weighted by molar-refractivity contribution is 0.752. The molecule has 27 rings (SSSR count). The Bertz CT molecular complexity index is 8730. The standard InChI is InChI=1S/C136H94N4S/c1-3-5-46-94(4-2)134(116-62-27-21-59-112(116)133-121(134)67-40-74-130(133)139(125-69-33-23-57-110(125)104-53-18-16-51-102(104)92-43-11-7-12-44-92)100-81-84-108-106-55-20-25-60-114(106)135(123(108)89-100)117-63-28-34-70-126(117)138(96-47-13-8-14-48-96)127-71-35-29-64-118(127)135)95-78-76-90(77-79-95)93-45-39-49-97(86-93)140-128-72-36-30-65-119(128)136(120-66-31-37-73-129(120)140)115-61-26-19-54-105(115)107-83-80-99(88-122(107)136)137(98-82-85-132-113(87-98)111-58-24-38-75-131(111)141-132)124-68-32-22-56-109(124)103-52-17-15-50-101(103)91-41-9-6-10-42-91/h3-5,7-9,11-89H,1,6,10H2,2H3/b46-5-,94-4+. The van der Waals surface area contributed by atoms with Crippen molar-refractivity contribution < 1.29 is 0 Å². The molecule has 21 aromatic rings. The van der Waals surface area contributed by atoms with Crippen LogP contribution in [0, 0.1) is 0 Å². The number of fused-ring (bicyclic) bond motifs is 24. The van der Waals surface area contributed by atoms with Crippen molar-refractivity contribution in [2.45, 2.75) is 36.0 Å². The van der Waals surface area contributed by atoms with E-state index in [-0.39, 0.29) is 0 Å². The first-order chi connectivity index (χ1) is 69.9. The second-order valence-electron chi connectivity index (χ2n) is 37.7. The van der Waals surface area contributed by atoms with E-state index in [1.165, 1.54) is 120 Å². The number of rotatable bonds is 17. The molecule has 0 bridgehead atoms. The maximum Gasteiger partial charge on any atom is 0.0755 e. The number of para-hydroxylation sites is 7. The molecule has 2 aliphatic heterocycles. The van der Waals surface area contributed by atoms with E-state index in [4.69, 9.17) is 0 Å². The highest BCUT2D eigenvalue weighted by Gasteiger charge is 2.55. The van der Waals surface area contributed by atoms with Crippen LogP contribution in [-0.2, 0) is 16.2 Å². The van der Waals surface area contributed by atoms with Crippen LogP contribution in [0.25, 0.3) is 104 Å². The van der Waals surface area contributed by atoms with Crippen LogP contribution in [0.15, 0.2) is 528 Å². The summed E-state index contributed by atoms with van der Waals surface area (Å²) in [4.78, 5) is 10.2. The molecule has 0 amide bonds. The van der Waals surface area contributed by atoms with Gasteiger partial charge in [-0.2, -0.15) is 0 Å². The predicted molar refractivity (Wildman–Crippen MR) is 593 cm³/mol. The quantitative estimate of drug-likeness (QED) is 0.0843. The SMILES string of the molecule is C=C/C=C\C(=C/C)C1(c2ccc(-c3cccc(N4c5ccccc5C5(c6ccccc6-c6ccc(N(c7ccc8sc9ccccc9c8c7)c7ccccc7-c7ccccc7C7=CCCC=C7)cc65)c5ccccc54)c3)cc2)c2ccccc2-c2c(N(c3ccc4c(c3)C3(c5ccccc5-4)c4ccccc4N(c4ccccc4)c4ccccc43)c3ccccc3-c3ccccc3-c3ccccc3)cccc21. The molecule has 0 radical (unpaired) electrons. The van der Waals surface area contributed by atoms with Gasteiger partial charge in [-0.15, -0.1) is 11.3 Å². The first-order valence-corrected chi connectivity index (χ1v) is 50.0. The van der Waals surface area contributed by atoms with Crippen molar-refractivity contribution in [1.82, 2.24) is 0 Å². The molecular formula is C136H94N4S. The van der Waals surface area contributed by atoms with Crippen molar-refractivity contribution in [3.63, 3.8) is 0 Å². The lowest BCUT2D eigenvalue weighted by Crippen LogP contribution is -2.36. The zero-order chi connectivity index (χ0) is 93.4. The van der Waals surface area contributed by atoms with Crippen LogP contribution in [0.3, 0.4) is 0 Å². The van der Waals surface area contributed by atoms with E-state index in [1.807, 2.05) is 17.4 Å². The molecule has 664 valence electrons. The van der Waals surface area contributed by atoms with Crippen molar-refractivity contribution in [1.29, 1.82) is 0 Å². The van der Waals surface area contributed by atoms with Gasteiger partial charge in [0.25, 0.3) is 0 Å². The Balaban J connectivity index is 0.610. The first-order valence-electron chi connectivity index (χ1n) is 49.1. The maximum atomic E-state index is 4.33. The average Bonchev–Trinajstić information content (AvgIpc) is 1.53. The van der Waals surface area contributed by atoms with E-state index < -0.39 is 16.2 Å². The summed E-state index contributed by atoms with van der Waals surface area (Å²) >= 11 is 1.86. The molecule has 1 atom stereocenters. The first kappa shape index (κ1) is 82.9. The highest BCUT2D eigenvalue weighted by Crippen LogP contribution is 2.69. The van der Waals surface area contributed by atoms with Crippen LogP contribution in [0.5, 0.6) is 0 Å². The lowest BCUT2D eigenvalue weighted by atomic mass is 9.64. The summed E-state index contributed by atoms with van der Waals surface area (Å²) in [6.07, 6.45) is 17.8. The molecule has 4 nitrogen and oxygen atoms in total. The van der Waals surface area contributed by atoms with E-state index in [9.17, 15) is 0 Å². The molecule has 2 spiro atoms. The van der Waals surface area contributed by atoms with Gasteiger partial charge in [0.2, 0.25) is 0 Å². The van der Waals surface area contributed by atoms with Crippen LogP contribution < -0.4 is 19.6 Å². The number of anilines is 12. The van der Waals surface area contributed by atoms with Gasteiger partial charge in [0, 0.05) is 65.3 Å². The number of allylic oxidation sites excluding steroid dienone is 9. The van der Waals surface area contributed by atoms with Gasteiger partial charge >= 0.3 is 0 Å². The molecule has 1 aromatic heterocycles. The molecule has 0 saturated heterocycles. The summed E-state index contributed by atoms with van der Waals surface area (Å²) in [7, 11) is 0. The number of nitrogens with zero attached hydrogens (tertiary/aromatic N) is 4. The van der Waals surface area contributed by atoms with E-state index >= 15 is 0 Å². The fourth-order valence-electron chi connectivity index (χ4n) is 25.1. The maximum absolute atomic E-state index is 4.33. The van der Waals surface area contributed by atoms with Crippen LogP contribution >= 0.6 is 11.3 Å². The summed E-state index contributed by atoms with van der Waals surface area (Å²) in [5.74, 6) is 0. The number of hydrogen-bond acceptors (Lipinski definition) is 5. The smallest absolute Gasteiger partial charge is 0.0755 e. The van der Waals surface area contributed by atoms with Gasteiger partial charge in [-0.3, -0.25) is 0 Å². The Labute approximate surface area is 827 Å². The summed E-state index contributed by atoms with van der Waals surface area (Å²) in [5, 5.41) is 2.52. The largest absolute Gasteiger partial charge is 0.310 e. The molecule has 0 N–H and O–H groups in total. The van der Waals surface area contributed by atoms with Gasteiger partial charge < -0.3 is 19.6 Å². The van der Waals surface area contributed by atoms with Crippen LogP contribution in [0.2, 0.25) is 0 Å². The van der Waals surface area contributed by atoms with Gasteiger partial charge in [-0.05, 0) is 274 Å². The third kappa shape index (κ3) is 12.5. The normalized spacial score (nSPS) is 15.0. The molecule has 1 unspecified atom stereocenters. The van der Waals surface area contributed by atoms with Gasteiger partial charge in [0.15, 0.2) is 0 Å². The van der Waals surface area contributed by atoms with Crippen molar-refractivity contribution in [3.05, 3.63) is 595 Å². The second kappa shape index (κ2) is 33.5. The lowest BCUT2D eigenvalue weighted by Gasteiger charge is -2.45. The molecule has 3 heterocycles. The fraction of sp³-hybridized carbons (Fsp3) is 0.0441. The van der Waals surface area contributed by atoms with Crippen LogP contribution in [0.4, 0.5) is 68.2 Å². The molecule has 0 saturated carbocycles. The molecular weight excluding hydrogens is 1720 g/mol. The second-order valence-corrected chi connectivity index (χ2v) is 38.8. The Morgan fingerprint density at radius 1 is 0.298 bits per heavy atom. The van der Waals surface area contributed by atoms with Crippen molar-refractivity contribution in [3.8, 4) is 77.9 Å². The molecule has 5 heteroatoms. The third-order valence-electron chi connectivity index (χ3n) is 30.7. The summed E-state index contributed by atoms with van der Waals surface area (Å²) in [6.45, 7) is 6.54. The minimum atomic E-state index is -0.839. The summed E-state index contributed by atoms with van der Waals surface area (Å²) in [6, 6.07) is 179. The van der Waals surface area contributed by atoms with Crippen LogP contribution in [-0.4, -0.2) is 0 Å². The fourth-order valence-corrected chi connectivity index (χ4v) is 26.2. The Hall–Kier alpha value is -17.5. The van der Waals surface area contributed by atoms with Crippen molar-refractivity contribution in [2.24, 2.45) is 0 Å². The van der Waals surface area contributed by atoms with E-state index in [0.717, 1.165) is 137 Å². The van der Waals surface area contributed by atoms with E-state index in [1.54, 1.807) is 0 Å². The van der Waals surface area contributed by atoms with Crippen LogP contribution in [0.1, 0.15) is 86.5 Å². The zero-order valence-corrected chi connectivity index (χ0v) is 78.7. The van der Waals surface area contributed by atoms with E-state index in [2.05, 4.69) is 543 Å². The number of thiophene rings is 1.